The van der Waals surface area contributed by atoms with E-state index >= 15 is 0 Å². The molecule has 32 heavy (non-hydrogen) atoms. The third-order valence-electron chi connectivity index (χ3n) is 6.05. The number of nitrogens with one attached hydrogen (secondary N) is 1. The monoisotopic (exact) mass is 439 g/mol. The number of carbonyl (C=O) groups excluding carboxylic acids is 2. The Morgan fingerprint density at radius 1 is 1.09 bits per heavy atom. The fraction of sp³-hybridized carbons (Fsp3) is 0.440. The first-order chi connectivity index (χ1) is 15.3. The van der Waals surface area contributed by atoms with Gasteiger partial charge >= 0.3 is 0 Å². The average molecular weight is 440 g/mol. The van der Waals surface area contributed by atoms with Gasteiger partial charge in [0.25, 0.3) is 11.8 Å². The number of hydrogen-bond donors (Lipinski definition) is 1. The van der Waals surface area contributed by atoms with Crippen LogP contribution in [0.5, 0.6) is 5.75 Å². The molecule has 0 unspecified atom stereocenters. The largest absolute Gasteiger partial charge is 0.491 e. The van der Waals surface area contributed by atoms with E-state index in [0.29, 0.717) is 35.7 Å². The van der Waals surface area contributed by atoms with Gasteiger partial charge in [0.2, 0.25) is 0 Å². The molecule has 2 aromatic rings. The number of ether oxygens (including phenoxy) is 2. The van der Waals surface area contributed by atoms with Crippen molar-refractivity contribution in [3.63, 3.8) is 0 Å². The number of methoxy groups -OCH3 is 1. The maximum Gasteiger partial charge on any atom is 0.257 e. The Morgan fingerprint density at radius 3 is 2.50 bits per heavy atom. The predicted octanol–water partition coefficient (Wildman–Crippen LogP) is 3.37. The van der Waals surface area contributed by atoms with Crippen LogP contribution in [-0.4, -0.2) is 74.7 Å². The molecule has 2 aromatic carbocycles. The lowest BCUT2D eigenvalue weighted by Gasteiger charge is -2.34. The minimum Gasteiger partial charge on any atom is -0.491 e. The molecule has 7 heteroatoms. The van der Waals surface area contributed by atoms with Gasteiger partial charge in [-0.2, -0.15) is 0 Å². The standard InChI is InChI=1S/C25H33N3O4/c1-17-14-27(3)18(2)16-32-22-12-11-20(26-24(29)19-9-7-6-8-10-19)13-21(22)25(30)28(4)15-23(17)31-5/h6-13,17-18,23H,14-16H2,1-5H3,(H,26,29)/t17-,18-,23+/m1/s1. The molecule has 0 radical (unpaired) electrons. The maximum atomic E-state index is 13.3. The van der Waals surface area contributed by atoms with Crippen molar-refractivity contribution >= 4 is 17.5 Å². The van der Waals surface area contributed by atoms with Gasteiger partial charge < -0.3 is 19.7 Å². The van der Waals surface area contributed by atoms with Crippen LogP contribution in [0.4, 0.5) is 5.69 Å². The Morgan fingerprint density at radius 2 is 1.81 bits per heavy atom. The second-order valence-electron chi connectivity index (χ2n) is 8.57. The van der Waals surface area contributed by atoms with Gasteiger partial charge in [-0.05, 0) is 50.2 Å². The highest BCUT2D eigenvalue weighted by Crippen LogP contribution is 2.26. The van der Waals surface area contributed by atoms with Crippen LogP contribution in [0.25, 0.3) is 0 Å². The lowest BCUT2D eigenvalue weighted by Crippen LogP contribution is -2.45. The van der Waals surface area contributed by atoms with Crippen molar-refractivity contribution in [1.29, 1.82) is 0 Å². The fourth-order valence-electron chi connectivity index (χ4n) is 3.83. The van der Waals surface area contributed by atoms with E-state index in [9.17, 15) is 9.59 Å². The Labute approximate surface area is 190 Å². The van der Waals surface area contributed by atoms with E-state index in [4.69, 9.17) is 9.47 Å². The molecule has 2 amide bonds. The summed E-state index contributed by atoms with van der Waals surface area (Å²) in [7, 11) is 5.52. The topological polar surface area (TPSA) is 71.1 Å². The zero-order valence-corrected chi connectivity index (χ0v) is 19.5. The van der Waals surface area contributed by atoms with Crippen LogP contribution in [0.15, 0.2) is 48.5 Å². The summed E-state index contributed by atoms with van der Waals surface area (Å²) in [5.74, 6) is 0.330. The molecule has 0 saturated carbocycles. The second-order valence-corrected chi connectivity index (χ2v) is 8.57. The summed E-state index contributed by atoms with van der Waals surface area (Å²) in [6, 6.07) is 14.3. The summed E-state index contributed by atoms with van der Waals surface area (Å²) in [4.78, 5) is 29.8. The van der Waals surface area contributed by atoms with Crippen molar-refractivity contribution in [1.82, 2.24) is 9.80 Å². The van der Waals surface area contributed by atoms with Gasteiger partial charge in [0.15, 0.2) is 0 Å². The molecule has 3 rings (SSSR count). The van der Waals surface area contributed by atoms with E-state index in [1.165, 1.54) is 0 Å². The number of rotatable bonds is 3. The minimum atomic E-state index is -0.232. The van der Waals surface area contributed by atoms with Gasteiger partial charge in [0, 0.05) is 44.5 Å². The van der Waals surface area contributed by atoms with Crippen molar-refractivity contribution in [2.24, 2.45) is 5.92 Å². The third-order valence-corrected chi connectivity index (χ3v) is 6.05. The van der Waals surface area contributed by atoms with Gasteiger partial charge in [-0.3, -0.25) is 14.5 Å². The Hall–Kier alpha value is -2.90. The summed E-state index contributed by atoms with van der Waals surface area (Å²) < 4.78 is 11.8. The van der Waals surface area contributed by atoms with Gasteiger partial charge in [-0.15, -0.1) is 0 Å². The Balaban J connectivity index is 1.91. The smallest absolute Gasteiger partial charge is 0.257 e. The van der Waals surface area contributed by atoms with Gasteiger partial charge in [-0.1, -0.05) is 25.1 Å². The van der Waals surface area contributed by atoms with E-state index < -0.39 is 0 Å². The van der Waals surface area contributed by atoms with E-state index in [1.54, 1.807) is 49.4 Å². The molecule has 172 valence electrons. The number of nitrogens with zero attached hydrogens (tertiary/aromatic N) is 2. The van der Waals surface area contributed by atoms with Crippen LogP contribution in [0, 0.1) is 5.92 Å². The normalized spacial score (nSPS) is 22.8. The Kier molecular flexibility index (Phi) is 7.88. The zero-order chi connectivity index (χ0) is 23.3. The van der Waals surface area contributed by atoms with Crippen LogP contribution in [0.2, 0.25) is 0 Å². The van der Waals surface area contributed by atoms with Crippen molar-refractivity contribution in [3.05, 3.63) is 59.7 Å². The van der Waals surface area contributed by atoms with Crippen molar-refractivity contribution in [3.8, 4) is 5.75 Å². The first-order valence-electron chi connectivity index (χ1n) is 10.9. The first-order valence-corrected chi connectivity index (χ1v) is 10.9. The second kappa shape index (κ2) is 10.6. The molecule has 0 fully saturated rings. The number of carbonyl (C=O) groups is 2. The zero-order valence-electron chi connectivity index (χ0n) is 19.5. The molecule has 0 aromatic heterocycles. The number of anilines is 1. The quantitative estimate of drug-likeness (QED) is 0.794. The van der Waals surface area contributed by atoms with Gasteiger partial charge in [0.05, 0.1) is 11.7 Å². The molecular formula is C25H33N3O4. The molecule has 0 aliphatic carbocycles. The number of hydrogen-bond acceptors (Lipinski definition) is 5. The van der Waals surface area contributed by atoms with Crippen LogP contribution in [0.3, 0.4) is 0 Å². The number of likely N-dealkylation sites (N-methyl/N-ethyl adjacent to an activating group) is 2. The maximum absolute atomic E-state index is 13.3. The van der Waals surface area contributed by atoms with Crippen molar-refractivity contribution in [2.75, 3.05) is 46.2 Å². The van der Waals surface area contributed by atoms with E-state index in [1.807, 2.05) is 18.2 Å². The molecule has 0 saturated heterocycles. The van der Waals surface area contributed by atoms with Crippen molar-refractivity contribution in [2.45, 2.75) is 26.0 Å². The molecule has 3 atom stereocenters. The van der Waals surface area contributed by atoms with Crippen LogP contribution in [0.1, 0.15) is 34.6 Å². The molecule has 0 bridgehead atoms. The summed E-state index contributed by atoms with van der Waals surface area (Å²) in [6.07, 6.45) is -0.0941. The minimum absolute atomic E-state index is 0.0941. The van der Waals surface area contributed by atoms with E-state index in [-0.39, 0.29) is 29.9 Å². The highest BCUT2D eigenvalue weighted by Gasteiger charge is 2.27. The summed E-state index contributed by atoms with van der Waals surface area (Å²) >= 11 is 0. The predicted molar refractivity (Wildman–Crippen MR) is 125 cm³/mol. The summed E-state index contributed by atoms with van der Waals surface area (Å²) in [6.45, 7) is 5.97. The molecule has 1 aliphatic heterocycles. The number of amides is 2. The van der Waals surface area contributed by atoms with E-state index in [0.717, 1.165) is 6.54 Å². The fourth-order valence-corrected chi connectivity index (χ4v) is 3.83. The first kappa shape index (κ1) is 23.8. The highest BCUT2D eigenvalue weighted by atomic mass is 16.5. The highest BCUT2D eigenvalue weighted by molar-refractivity contribution is 6.05. The average Bonchev–Trinajstić information content (AvgIpc) is 2.80. The molecule has 0 spiro atoms. The van der Waals surface area contributed by atoms with Gasteiger partial charge in [-0.25, -0.2) is 0 Å². The molecule has 1 aliphatic rings. The lowest BCUT2D eigenvalue weighted by molar-refractivity contribution is 0.0150. The van der Waals surface area contributed by atoms with Crippen LogP contribution >= 0.6 is 0 Å². The number of fused-ring (bicyclic) bond motifs is 1. The Bertz CT molecular complexity index is 934. The van der Waals surface area contributed by atoms with Gasteiger partial charge in [0.1, 0.15) is 12.4 Å². The molecule has 1 N–H and O–H groups in total. The number of benzene rings is 2. The third kappa shape index (κ3) is 5.66. The van der Waals surface area contributed by atoms with Crippen molar-refractivity contribution < 1.29 is 19.1 Å². The molecule has 1 heterocycles. The summed E-state index contributed by atoms with van der Waals surface area (Å²) in [5, 5.41) is 2.87. The van der Waals surface area contributed by atoms with E-state index in [2.05, 4.69) is 31.1 Å². The lowest BCUT2D eigenvalue weighted by atomic mass is 10.0. The van der Waals surface area contributed by atoms with Crippen LogP contribution in [-0.2, 0) is 4.74 Å². The van der Waals surface area contributed by atoms with Crippen LogP contribution < -0.4 is 10.1 Å². The SMILES string of the molecule is CO[C@H]1CN(C)C(=O)c2cc(NC(=O)c3ccccc3)ccc2OC[C@@H](C)N(C)C[C@H]1C. The molecule has 7 nitrogen and oxygen atoms in total. The summed E-state index contributed by atoms with van der Waals surface area (Å²) in [5.41, 5.74) is 1.50. The molecular weight excluding hydrogens is 406 g/mol.